The number of carboxylic acids is 1. The van der Waals surface area contributed by atoms with Crippen molar-refractivity contribution in [1.29, 1.82) is 0 Å². The van der Waals surface area contributed by atoms with Gasteiger partial charge < -0.3 is 5.11 Å². The van der Waals surface area contributed by atoms with E-state index < -0.39 is 24.3 Å². The van der Waals surface area contributed by atoms with E-state index in [1.54, 1.807) is 19.1 Å². The number of carbonyl (C=O) groups is 3. The fraction of sp³-hybridized carbons (Fsp3) is 0.333. The fourth-order valence-corrected chi connectivity index (χ4v) is 2.17. The van der Waals surface area contributed by atoms with Crippen LogP contribution in [0.5, 0.6) is 0 Å². The van der Waals surface area contributed by atoms with Crippen LogP contribution >= 0.6 is 11.8 Å². The highest BCUT2D eigenvalue weighted by atomic mass is 32.2. The van der Waals surface area contributed by atoms with Gasteiger partial charge >= 0.3 is 5.97 Å². The zero-order valence-corrected chi connectivity index (χ0v) is 13.2. The van der Waals surface area contributed by atoms with E-state index in [-0.39, 0.29) is 5.12 Å². The highest BCUT2D eigenvalue weighted by Gasteiger charge is 2.22. The van der Waals surface area contributed by atoms with Crippen molar-refractivity contribution < 1.29 is 19.5 Å². The van der Waals surface area contributed by atoms with Crippen LogP contribution in [-0.4, -0.2) is 45.6 Å². The molecule has 118 valence electrons. The van der Waals surface area contributed by atoms with E-state index in [2.05, 4.69) is 5.10 Å². The van der Waals surface area contributed by atoms with Crippen molar-refractivity contribution >= 4 is 35.0 Å². The minimum atomic E-state index is -1.15. The zero-order valence-electron chi connectivity index (χ0n) is 12.4. The highest BCUT2D eigenvalue weighted by molar-refractivity contribution is 8.13. The van der Waals surface area contributed by atoms with Crippen molar-refractivity contribution in [3.05, 3.63) is 35.9 Å². The summed E-state index contributed by atoms with van der Waals surface area (Å²) in [5, 5.41) is 13.7. The SMILES string of the molecule is CC(=O)SC[C@@H](C)C(=O)N(CC(=O)O)/N=C/c1ccccc1. The first-order valence-corrected chi connectivity index (χ1v) is 7.64. The molecule has 0 spiro atoms. The number of benzene rings is 1. The monoisotopic (exact) mass is 322 g/mol. The Morgan fingerprint density at radius 3 is 2.50 bits per heavy atom. The molecule has 0 heterocycles. The third kappa shape index (κ3) is 6.53. The quantitative estimate of drug-likeness (QED) is 0.611. The average molecular weight is 322 g/mol. The van der Waals surface area contributed by atoms with Crippen molar-refractivity contribution in [2.75, 3.05) is 12.3 Å². The van der Waals surface area contributed by atoms with Crippen molar-refractivity contribution in [1.82, 2.24) is 5.01 Å². The van der Waals surface area contributed by atoms with Gasteiger partial charge in [0.05, 0.1) is 6.21 Å². The average Bonchev–Trinajstić information content (AvgIpc) is 2.49. The van der Waals surface area contributed by atoms with Gasteiger partial charge in [-0.3, -0.25) is 14.4 Å². The van der Waals surface area contributed by atoms with E-state index in [4.69, 9.17) is 5.11 Å². The summed E-state index contributed by atoms with van der Waals surface area (Å²) < 4.78 is 0. The van der Waals surface area contributed by atoms with E-state index in [9.17, 15) is 14.4 Å². The van der Waals surface area contributed by atoms with Gasteiger partial charge in [0.1, 0.15) is 6.54 Å². The lowest BCUT2D eigenvalue weighted by atomic mass is 10.2. The molecule has 7 heteroatoms. The lowest BCUT2D eigenvalue weighted by molar-refractivity contribution is -0.145. The van der Waals surface area contributed by atoms with Gasteiger partial charge in [0.2, 0.25) is 5.91 Å². The zero-order chi connectivity index (χ0) is 16.5. The summed E-state index contributed by atoms with van der Waals surface area (Å²) in [7, 11) is 0. The van der Waals surface area contributed by atoms with E-state index in [1.807, 2.05) is 18.2 Å². The molecule has 0 saturated carbocycles. The molecule has 1 N–H and O–H groups in total. The minimum Gasteiger partial charge on any atom is -0.480 e. The lowest BCUT2D eigenvalue weighted by Crippen LogP contribution is -2.36. The summed E-state index contributed by atoms with van der Waals surface area (Å²) in [5.41, 5.74) is 0.761. The first-order valence-electron chi connectivity index (χ1n) is 6.65. The number of hydrogen-bond donors (Lipinski definition) is 1. The summed E-state index contributed by atoms with van der Waals surface area (Å²) >= 11 is 1.03. The van der Waals surface area contributed by atoms with E-state index in [0.29, 0.717) is 5.75 Å². The Kier molecular flexibility index (Phi) is 7.31. The number of thioether (sulfide) groups is 1. The molecular weight excluding hydrogens is 304 g/mol. The molecule has 0 saturated heterocycles. The smallest absolute Gasteiger partial charge is 0.325 e. The maximum absolute atomic E-state index is 12.2. The molecule has 0 aliphatic rings. The second-order valence-electron chi connectivity index (χ2n) is 4.65. The lowest BCUT2D eigenvalue weighted by Gasteiger charge is -2.18. The summed E-state index contributed by atoms with van der Waals surface area (Å²) in [6, 6.07) is 9.07. The Bertz CT molecular complexity index is 560. The second-order valence-corrected chi connectivity index (χ2v) is 5.85. The van der Waals surface area contributed by atoms with Gasteiger partial charge in [0, 0.05) is 18.6 Å². The number of aliphatic carboxylic acids is 1. The highest BCUT2D eigenvalue weighted by Crippen LogP contribution is 2.12. The number of carbonyl (C=O) groups excluding carboxylic acids is 2. The van der Waals surface area contributed by atoms with Crippen LogP contribution in [0.25, 0.3) is 0 Å². The number of amides is 1. The van der Waals surface area contributed by atoms with Crippen LogP contribution in [0.1, 0.15) is 19.4 Å². The molecule has 0 aromatic heterocycles. The Hall–Kier alpha value is -2.15. The van der Waals surface area contributed by atoms with Crippen LogP contribution in [0.4, 0.5) is 0 Å². The van der Waals surface area contributed by atoms with Crippen molar-refractivity contribution in [2.45, 2.75) is 13.8 Å². The molecule has 0 radical (unpaired) electrons. The van der Waals surface area contributed by atoms with Crippen molar-refractivity contribution in [2.24, 2.45) is 11.0 Å². The standard InChI is InChI=1S/C15H18N2O4S/c1-11(10-22-12(2)18)15(21)17(9-14(19)20)16-8-13-6-4-3-5-7-13/h3-8,11H,9-10H2,1-2H3,(H,19,20)/b16-8+/t11-/m1/s1. The molecule has 1 rings (SSSR count). The van der Waals surface area contributed by atoms with E-state index in [0.717, 1.165) is 22.3 Å². The molecule has 1 aromatic carbocycles. The molecular formula is C15H18N2O4S. The van der Waals surface area contributed by atoms with E-state index in [1.165, 1.54) is 13.1 Å². The third-order valence-electron chi connectivity index (χ3n) is 2.64. The Morgan fingerprint density at radius 1 is 1.32 bits per heavy atom. The maximum atomic E-state index is 12.2. The molecule has 0 aliphatic carbocycles. The van der Waals surface area contributed by atoms with Crippen molar-refractivity contribution in [3.63, 3.8) is 0 Å². The van der Waals surface area contributed by atoms with Gasteiger partial charge in [-0.05, 0) is 5.56 Å². The van der Waals surface area contributed by atoms with Gasteiger partial charge in [0.15, 0.2) is 5.12 Å². The number of hydrazone groups is 1. The fourth-order valence-electron chi connectivity index (χ4n) is 1.55. The van der Waals surface area contributed by atoms with Crippen LogP contribution in [0.15, 0.2) is 35.4 Å². The number of carboxylic acid groups (broad SMARTS) is 1. The summed E-state index contributed by atoms with van der Waals surface area (Å²) in [6.07, 6.45) is 1.44. The summed E-state index contributed by atoms with van der Waals surface area (Å²) in [6.45, 7) is 2.55. The summed E-state index contributed by atoms with van der Waals surface area (Å²) in [4.78, 5) is 34.1. The van der Waals surface area contributed by atoms with Gasteiger partial charge in [0.25, 0.3) is 0 Å². The molecule has 0 bridgehead atoms. The van der Waals surface area contributed by atoms with Crippen molar-refractivity contribution in [3.8, 4) is 0 Å². The topological polar surface area (TPSA) is 87.0 Å². The Morgan fingerprint density at radius 2 is 1.95 bits per heavy atom. The minimum absolute atomic E-state index is 0.0859. The number of nitrogens with zero attached hydrogens (tertiary/aromatic N) is 2. The molecule has 0 unspecified atom stereocenters. The largest absolute Gasteiger partial charge is 0.480 e. The maximum Gasteiger partial charge on any atom is 0.325 e. The molecule has 1 aromatic rings. The molecule has 1 atom stereocenters. The first kappa shape index (κ1) is 17.9. The molecule has 22 heavy (non-hydrogen) atoms. The molecule has 1 amide bonds. The van der Waals surface area contributed by atoms with Crippen LogP contribution in [0.2, 0.25) is 0 Å². The van der Waals surface area contributed by atoms with Crippen LogP contribution in [-0.2, 0) is 14.4 Å². The van der Waals surface area contributed by atoms with E-state index >= 15 is 0 Å². The van der Waals surface area contributed by atoms with Crippen LogP contribution in [0, 0.1) is 5.92 Å². The number of rotatable bonds is 7. The van der Waals surface area contributed by atoms with Gasteiger partial charge in [-0.1, -0.05) is 49.0 Å². The Balaban J connectivity index is 2.78. The normalized spacial score (nSPS) is 12.1. The van der Waals surface area contributed by atoms with Crippen LogP contribution in [0.3, 0.4) is 0 Å². The van der Waals surface area contributed by atoms with Gasteiger partial charge in [-0.25, -0.2) is 5.01 Å². The van der Waals surface area contributed by atoms with Gasteiger partial charge in [-0.15, -0.1) is 0 Å². The Labute approximate surface area is 133 Å². The molecule has 0 fully saturated rings. The predicted octanol–water partition coefficient (Wildman–Crippen LogP) is 1.85. The van der Waals surface area contributed by atoms with Crippen LogP contribution < -0.4 is 0 Å². The molecule has 0 aliphatic heterocycles. The van der Waals surface area contributed by atoms with Gasteiger partial charge in [-0.2, -0.15) is 5.10 Å². The first-order chi connectivity index (χ1) is 10.4. The molecule has 6 nitrogen and oxygen atoms in total. The predicted molar refractivity (Wildman–Crippen MR) is 85.7 cm³/mol. The number of hydrogen-bond acceptors (Lipinski definition) is 5. The second kappa shape index (κ2) is 8.99. The summed E-state index contributed by atoms with van der Waals surface area (Å²) in [5.74, 6) is -1.78. The third-order valence-corrected chi connectivity index (χ3v) is 3.72.